The molecule has 3 heterocycles. The third-order valence-corrected chi connectivity index (χ3v) is 7.06. The second-order valence-corrected chi connectivity index (χ2v) is 8.94. The van der Waals surface area contributed by atoms with Crippen LogP contribution in [0.25, 0.3) is 10.2 Å². The van der Waals surface area contributed by atoms with E-state index in [1.165, 1.54) is 12.1 Å². The van der Waals surface area contributed by atoms with Crippen molar-refractivity contribution in [2.45, 2.75) is 32.2 Å². The molecule has 0 radical (unpaired) electrons. The fourth-order valence-electron chi connectivity index (χ4n) is 4.15. The Balaban J connectivity index is 1.85. The van der Waals surface area contributed by atoms with Crippen molar-refractivity contribution in [1.29, 1.82) is 0 Å². The maximum absolute atomic E-state index is 13.6. The molecule has 0 atom stereocenters. The molecule has 31 heavy (non-hydrogen) atoms. The van der Waals surface area contributed by atoms with Crippen LogP contribution in [-0.4, -0.2) is 45.4 Å². The Bertz CT molecular complexity index is 1220. The number of piperidine rings is 1. The highest BCUT2D eigenvalue weighted by Gasteiger charge is 2.26. The van der Waals surface area contributed by atoms with Crippen molar-refractivity contribution < 1.29 is 9.72 Å². The lowest BCUT2D eigenvalue weighted by Gasteiger charge is -2.31. The summed E-state index contributed by atoms with van der Waals surface area (Å²) in [6.45, 7) is 3.49. The molecule has 1 aromatic carbocycles. The first kappa shape index (κ1) is 21.1. The summed E-state index contributed by atoms with van der Waals surface area (Å²) in [6.07, 6.45) is 2.00. The van der Waals surface area contributed by atoms with Crippen LogP contribution in [0.15, 0.2) is 29.1 Å². The van der Waals surface area contributed by atoms with E-state index < -0.39 is 10.8 Å². The van der Waals surface area contributed by atoms with Crippen molar-refractivity contribution in [1.82, 2.24) is 14.5 Å². The van der Waals surface area contributed by atoms with E-state index in [1.54, 1.807) is 23.6 Å². The second-order valence-electron chi connectivity index (χ2n) is 7.94. The molecule has 1 fully saturated rings. The molecule has 0 unspecified atom stereocenters. The van der Waals surface area contributed by atoms with Crippen LogP contribution in [0.2, 0.25) is 0 Å². The number of nitro benzene ring substituents is 1. The van der Waals surface area contributed by atoms with E-state index in [-0.39, 0.29) is 17.3 Å². The van der Waals surface area contributed by atoms with E-state index in [4.69, 9.17) is 10.7 Å². The lowest BCUT2D eigenvalue weighted by molar-refractivity contribution is -0.384. The number of aryl methyl sites for hydroxylation is 1. The number of thiophene rings is 1. The molecule has 4 rings (SSSR count). The highest BCUT2D eigenvalue weighted by Crippen LogP contribution is 2.30. The Hall–Kier alpha value is -3.11. The zero-order chi connectivity index (χ0) is 22.3. The summed E-state index contributed by atoms with van der Waals surface area (Å²) in [7, 11) is 2.06. The topological polar surface area (TPSA) is 124 Å². The van der Waals surface area contributed by atoms with Gasteiger partial charge in [0.2, 0.25) is 0 Å². The fraction of sp³-hybridized carbons (Fsp3) is 0.381. The first-order valence-electron chi connectivity index (χ1n) is 10.0. The number of amides is 1. The summed E-state index contributed by atoms with van der Waals surface area (Å²) in [5.74, 6) is 0.0286. The molecule has 10 heteroatoms. The van der Waals surface area contributed by atoms with Crippen LogP contribution in [0.3, 0.4) is 0 Å². The quantitative estimate of drug-likeness (QED) is 0.479. The lowest BCUT2D eigenvalue weighted by Crippen LogP contribution is -2.37. The van der Waals surface area contributed by atoms with Gasteiger partial charge in [-0.25, -0.2) is 4.98 Å². The van der Waals surface area contributed by atoms with Gasteiger partial charge in [-0.05, 0) is 51.0 Å². The predicted molar refractivity (Wildman–Crippen MR) is 119 cm³/mol. The standard InChI is InChI=1S/C21H23N5O4S/c1-12-17-20(31-18(12)19(22)27)23-16(11-13-3-5-15(6-4-13)26(29)30)25(21(17)28)14-7-9-24(2)10-8-14/h3-6,14H,7-11H2,1-2H3,(H2,22,27). The minimum absolute atomic E-state index is 0.00461. The Labute approximate surface area is 182 Å². The summed E-state index contributed by atoms with van der Waals surface area (Å²) < 4.78 is 1.77. The molecule has 1 aliphatic heterocycles. The number of hydrogen-bond acceptors (Lipinski definition) is 7. The van der Waals surface area contributed by atoms with Gasteiger partial charge in [0.15, 0.2) is 0 Å². The number of carbonyl (C=O) groups excluding carboxylic acids is 1. The van der Waals surface area contributed by atoms with Gasteiger partial charge in [-0.3, -0.25) is 24.3 Å². The van der Waals surface area contributed by atoms with Crippen molar-refractivity contribution in [3.05, 3.63) is 66.6 Å². The lowest BCUT2D eigenvalue weighted by atomic mass is 10.0. The summed E-state index contributed by atoms with van der Waals surface area (Å²) in [5, 5.41) is 11.4. The molecule has 1 aliphatic rings. The van der Waals surface area contributed by atoms with Crippen LogP contribution in [0, 0.1) is 17.0 Å². The smallest absolute Gasteiger partial charge is 0.269 e. The van der Waals surface area contributed by atoms with E-state index in [2.05, 4.69) is 11.9 Å². The van der Waals surface area contributed by atoms with Crippen LogP contribution in [-0.2, 0) is 6.42 Å². The number of hydrogen-bond donors (Lipinski definition) is 1. The first-order chi connectivity index (χ1) is 14.8. The van der Waals surface area contributed by atoms with E-state index in [0.717, 1.165) is 42.8 Å². The van der Waals surface area contributed by atoms with Crippen LogP contribution in [0.5, 0.6) is 0 Å². The molecule has 162 valence electrons. The van der Waals surface area contributed by atoms with Gasteiger partial charge in [0.25, 0.3) is 17.2 Å². The van der Waals surface area contributed by atoms with E-state index >= 15 is 0 Å². The van der Waals surface area contributed by atoms with Crippen LogP contribution >= 0.6 is 11.3 Å². The predicted octanol–water partition coefficient (Wildman–Crippen LogP) is 2.63. The summed E-state index contributed by atoms with van der Waals surface area (Å²) in [5.41, 5.74) is 6.76. The number of aromatic nitrogens is 2. The van der Waals surface area contributed by atoms with Gasteiger partial charge in [-0.2, -0.15) is 0 Å². The van der Waals surface area contributed by atoms with Gasteiger partial charge < -0.3 is 10.6 Å². The largest absolute Gasteiger partial charge is 0.365 e. The van der Waals surface area contributed by atoms with Gasteiger partial charge in [-0.1, -0.05) is 12.1 Å². The maximum atomic E-state index is 13.6. The zero-order valence-electron chi connectivity index (χ0n) is 17.3. The van der Waals surface area contributed by atoms with Crippen molar-refractivity contribution in [2.75, 3.05) is 20.1 Å². The minimum atomic E-state index is -0.567. The number of non-ortho nitro benzene ring substituents is 1. The molecule has 9 nitrogen and oxygen atoms in total. The fourth-order valence-corrected chi connectivity index (χ4v) is 5.19. The SMILES string of the molecule is Cc1c(C(N)=O)sc2nc(Cc3ccc([N+](=O)[O-])cc3)n(C3CCN(C)CC3)c(=O)c12. The van der Waals surface area contributed by atoms with Crippen LogP contribution in [0.1, 0.15) is 45.5 Å². The number of nitrogens with two attached hydrogens (primary N) is 1. The Kier molecular flexibility index (Phi) is 5.59. The van der Waals surface area contributed by atoms with Crippen molar-refractivity contribution in [3.8, 4) is 0 Å². The number of likely N-dealkylation sites (tertiary alicyclic amines) is 1. The third kappa shape index (κ3) is 3.96. The van der Waals surface area contributed by atoms with Gasteiger partial charge >= 0.3 is 0 Å². The molecule has 0 bridgehead atoms. The average molecular weight is 442 g/mol. The van der Waals surface area contributed by atoms with Gasteiger partial charge in [0.05, 0.1) is 15.2 Å². The number of nitrogens with zero attached hydrogens (tertiary/aromatic N) is 4. The van der Waals surface area contributed by atoms with E-state index in [1.807, 2.05) is 0 Å². The van der Waals surface area contributed by atoms with Crippen molar-refractivity contribution >= 4 is 33.1 Å². The van der Waals surface area contributed by atoms with Crippen LogP contribution < -0.4 is 11.3 Å². The molecule has 1 amide bonds. The van der Waals surface area contributed by atoms with Gasteiger partial charge in [0, 0.05) is 24.6 Å². The van der Waals surface area contributed by atoms with Crippen molar-refractivity contribution in [3.63, 3.8) is 0 Å². The molecule has 0 aliphatic carbocycles. The van der Waals surface area contributed by atoms with E-state index in [0.29, 0.717) is 32.9 Å². The number of benzene rings is 1. The minimum Gasteiger partial charge on any atom is -0.365 e. The number of carbonyl (C=O) groups is 1. The third-order valence-electron chi connectivity index (χ3n) is 5.86. The molecule has 2 N–H and O–H groups in total. The van der Waals surface area contributed by atoms with Crippen LogP contribution in [0.4, 0.5) is 5.69 Å². The number of fused-ring (bicyclic) bond motifs is 1. The molecule has 0 saturated carbocycles. The Morgan fingerprint density at radius 2 is 1.94 bits per heavy atom. The normalized spacial score (nSPS) is 15.4. The van der Waals surface area contributed by atoms with Crippen molar-refractivity contribution in [2.24, 2.45) is 5.73 Å². The summed E-state index contributed by atoms with van der Waals surface area (Å²) >= 11 is 1.14. The van der Waals surface area contributed by atoms with Gasteiger partial charge in [-0.15, -0.1) is 11.3 Å². The number of rotatable bonds is 5. The summed E-state index contributed by atoms with van der Waals surface area (Å²) in [4.78, 5) is 43.8. The maximum Gasteiger partial charge on any atom is 0.269 e. The van der Waals surface area contributed by atoms with E-state index in [9.17, 15) is 19.7 Å². The van der Waals surface area contributed by atoms with Gasteiger partial charge in [0.1, 0.15) is 10.7 Å². The molecule has 1 saturated heterocycles. The zero-order valence-corrected chi connectivity index (χ0v) is 18.1. The summed E-state index contributed by atoms with van der Waals surface area (Å²) in [6, 6.07) is 6.27. The Morgan fingerprint density at radius 3 is 2.52 bits per heavy atom. The highest BCUT2D eigenvalue weighted by atomic mass is 32.1. The molecule has 0 spiro atoms. The average Bonchev–Trinajstić information content (AvgIpc) is 3.06. The number of nitro groups is 1. The molecule has 2 aromatic heterocycles. The molecular formula is C21H23N5O4S. The molecular weight excluding hydrogens is 418 g/mol. The highest BCUT2D eigenvalue weighted by molar-refractivity contribution is 7.20. The molecule has 3 aromatic rings. The second kappa shape index (κ2) is 8.20. The monoisotopic (exact) mass is 441 g/mol. The number of primary amides is 1. The first-order valence-corrected chi connectivity index (χ1v) is 10.8. The Morgan fingerprint density at radius 1 is 1.29 bits per heavy atom.